The molecule has 1 unspecified atom stereocenters. The third kappa shape index (κ3) is 4.06. The number of carbonyl (C=O) groups excluding carboxylic acids is 2. The maximum absolute atomic E-state index is 14.9. The number of anilines is 1. The Hall–Kier alpha value is -3.72. The van der Waals surface area contributed by atoms with Crippen molar-refractivity contribution >= 4 is 17.6 Å². The van der Waals surface area contributed by atoms with Crippen LogP contribution in [0, 0.1) is 12.7 Å². The Labute approximate surface area is 184 Å². The Morgan fingerprint density at radius 2 is 2.06 bits per heavy atom. The van der Waals surface area contributed by atoms with Gasteiger partial charge >= 0.3 is 0 Å². The van der Waals surface area contributed by atoms with Crippen molar-refractivity contribution in [2.75, 3.05) is 18.9 Å². The molecule has 2 amide bonds. The number of rotatable bonds is 6. The van der Waals surface area contributed by atoms with Crippen molar-refractivity contribution in [3.63, 3.8) is 0 Å². The smallest absolute Gasteiger partial charge is 0.254 e. The van der Waals surface area contributed by atoms with E-state index in [9.17, 15) is 14.0 Å². The van der Waals surface area contributed by atoms with Crippen molar-refractivity contribution < 1.29 is 18.7 Å². The molecule has 9 heteroatoms. The molecule has 0 spiro atoms. The van der Waals surface area contributed by atoms with Gasteiger partial charge < -0.3 is 21.5 Å². The van der Waals surface area contributed by atoms with E-state index in [4.69, 9.17) is 16.2 Å². The summed E-state index contributed by atoms with van der Waals surface area (Å²) in [6.07, 6.45) is 0.706. The van der Waals surface area contributed by atoms with E-state index < -0.39 is 11.7 Å². The molecule has 1 saturated heterocycles. The van der Waals surface area contributed by atoms with Gasteiger partial charge in [-0.05, 0) is 31.0 Å². The predicted molar refractivity (Wildman–Crippen MR) is 117 cm³/mol. The zero-order chi connectivity index (χ0) is 22.8. The molecule has 0 bridgehead atoms. The lowest BCUT2D eigenvalue weighted by Gasteiger charge is -2.10. The lowest BCUT2D eigenvalue weighted by Crippen LogP contribution is -2.24. The van der Waals surface area contributed by atoms with E-state index in [1.165, 1.54) is 10.7 Å². The number of benzene rings is 2. The fourth-order valence-electron chi connectivity index (χ4n) is 3.82. The molecule has 8 nitrogen and oxygen atoms in total. The first-order valence-electron chi connectivity index (χ1n) is 10.2. The van der Waals surface area contributed by atoms with Crippen molar-refractivity contribution in [3.8, 4) is 11.3 Å². The summed E-state index contributed by atoms with van der Waals surface area (Å²) in [5.41, 5.74) is 14.0. The van der Waals surface area contributed by atoms with E-state index in [0.29, 0.717) is 36.3 Å². The van der Waals surface area contributed by atoms with Gasteiger partial charge in [0.25, 0.3) is 11.8 Å². The minimum Gasteiger partial charge on any atom is -0.383 e. The summed E-state index contributed by atoms with van der Waals surface area (Å²) in [6, 6.07) is 11.5. The number of aromatic nitrogens is 2. The van der Waals surface area contributed by atoms with E-state index in [1.54, 1.807) is 24.3 Å². The Morgan fingerprint density at radius 1 is 1.28 bits per heavy atom. The molecule has 166 valence electrons. The number of primary amides is 1. The van der Waals surface area contributed by atoms with Gasteiger partial charge in [-0.1, -0.05) is 30.3 Å². The topological polar surface area (TPSA) is 125 Å². The van der Waals surface area contributed by atoms with Gasteiger partial charge in [0.05, 0.1) is 12.6 Å². The van der Waals surface area contributed by atoms with Crippen molar-refractivity contribution in [3.05, 3.63) is 70.5 Å². The van der Waals surface area contributed by atoms with Crippen LogP contribution in [0.3, 0.4) is 0 Å². The molecule has 1 aliphatic heterocycles. The SMILES string of the molecule is Cc1ccccc1C(=O)NCc1ccc(-c2nn(C3CCOC3)c(N)c2C(N)=O)cc1F. The minimum atomic E-state index is -0.738. The van der Waals surface area contributed by atoms with Crippen LogP contribution < -0.4 is 16.8 Å². The van der Waals surface area contributed by atoms with Gasteiger partial charge in [-0.3, -0.25) is 9.59 Å². The number of nitrogens with one attached hydrogen (secondary N) is 1. The second-order valence-electron chi connectivity index (χ2n) is 7.74. The summed E-state index contributed by atoms with van der Waals surface area (Å²) in [4.78, 5) is 24.5. The van der Waals surface area contributed by atoms with Crippen LogP contribution in [0.5, 0.6) is 0 Å². The molecular weight excluding hydrogens is 413 g/mol. The van der Waals surface area contributed by atoms with Crippen LogP contribution in [0.15, 0.2) is 42.5 Å². The Morgan fingerprint density at radius 3 is 2.72 bits per heavy atom. The molecule has 0 saturated carbocycles. The van der Waals surface area contributed by atoms with E-state index in [1.807, 2.05) is 19.1 Å². The van der Waals surface area contributed by atoms with E-state index in [0.717, 1.165) is 5.56 Å². The molecule has 2 heterocycles. The number of hydrogen-bond acceptors (Lipinski definition) is 5. The zero-order valence-corrected chi connectivity index (χ0v) is 17.6. The molecule has 32 heavy (non-hydrogen) atoms. The van der Waals surface area contributed by atoms with E-state index >= 15 is 0 Å². The number of halogens is 1. The molecule has 1 fully saturated rings. The first-order valence-corrected chi connectivity index (χ1v) is 10.2. The van der Waals surface area contributed by atoms with Crippen molar-refractivity contribution in [1.82, 2.24) is 15.1 Å². The molecule has 0 radical (unpaired) electrons. The van der Waals surface area contributed by atoms with Crippen LogP contribution in [-0.4, -0.2) is 34.8 Å². The third-order valence-corrected chi connectivity index (χ3v) is 5.60. The lowest BCUT2D eigenvalue weighted by atomic mass is 10.0. The zero-order valence-electron chi connectivity index (χ0n) is 17.6. The Bertz CT molecular complexity index is 1180. The lowest BCUT2D eigenvalue weighted by molar-refractivity contribution is 0.0948. The van der Waals surface area contributed by atoms with Crippen LogP contribution in [0.1, 0.15) is 44.3 Å². The molecule has 4 rings (SSSR count). The summed E-state index contributed by atoms with van der Waals surface area (Å²) in [7, 11) is 0. The Balaban J connectivity index is 1.58. The highest BCUT2D eigenvalue weighted by molar-refractivity contribution is 6.03. The quantitative estimate of drug-likeness (QED) is 0.547. The highest BCUT2D eigenvalue weighted by Gasteiger charge is 2.27. The highest BCUT2D eigenvalue weighted by Crippen LogP contribution is 2.32. The first kappa shape index (κ1) is 21.5. The second-order valence-corrected chi connectivity index (χ2v) is 7.74. The average Bonchev–Trinajstić information content (AvgIpc) is 3.40. The number of aryl methyl sites for hydroxylation is 1. The fraction of sp³-hybridized carbons (Fsp3) is 0.261. The number of carbonyl (C=O) groups is 2. The number of hydrogen-bond donors (Lipinski definition) is 3. The van der Waals surface area contributed by atoms with Crippen LogP contribution in [0.25, 0.3) is 11.3 Å². The van der Waals surface area contributed by atoms with Crippen molar-refractivity contribution in [2.45, 2.75) is 25.9 Å². The average molecular weight is 437 g/mol. The molecule has 1 aliphatic rings. The van der Waals surface area contributed by atoms with Gasteiger partial charge in [0.15, 0.2) is 0 Å². The first-order chi connectivity index (χ1) is 15.4. The molecule has 3 aromatic rings. The van der Waals surface area contributed by atoms with Crippen LogP contribution in [0.2, 0.25) is 0 Å². The van der Waals surface area contributed by atoms with Gasteiger partial charge in [-0.25, -0.2) is 9.07 Å². The molecule has 2 aromatic carbocycles. The fourth-order valence-corrected chi connectivity index (χ4v) is 3.82. The van der Waals surface area contributed by atoms with Gasteiger partial charge in [-0.15, -0.1) is 0 Å². The molecule has 1 aromatic heterocycles. The van der Waals surface area contributed by atoms with Gasteiger partial charge in [0.1, 0.15) is 22.9 Å². The normalized spacial score (nSPS) is 15.6. The summed E-state index contributed by atoms with van der Waals surface area (Å²) >= 11 is 0. The summed E-state index contributed by atoms with van der Waals surface area (Å²) in [5, 5.41) is 7.18. The van der Waals surface area contributed by atoms with Crippen molar-refractivity contribution in [1.29, 1.82) is 0 Å². The maximum Gasteiger partial charge on any atom is 0.254 e. The number of nitrogens with zero attached hydrogens (tertiary/aromatic N) is 2. The number of ether oxygens (including phenoxy) is 1. The van der Waals surface area contributed by atoms with Gasteiger partial charge in [0.2, 0.25) is 0 Å². The second kappa shape index (κ2) is 8.80. The maximum atomic E-state index is 14.9. The monoisotopic (exact) mass is 437 g/mol. The summed E-state index contributed by atoms with van der Waals surface area (Å²) < 4.78 is 21.8. The highest BCUT2D eigenvalue weighted by atomic mass is 19.1. The summed E-state index contributed by atoms with van der Waals surface area (Å²) in [6.45, 7) is 2.85. The standard InChI is InChI=1S/C23H24FN5O3/c1-13-4-2-3-5-17(13)23(31)27-11-15-7-6-14(10-18(15)24)20-19(22(26)30)21(25)29(28-20)16-8-9-32-12-16/h2-7,10,16H,8-9,11-12,25H2,1H3,(H2,26,30)(H,27,31). The van der Waals surface area contributed by atoms with E-state index in [-0.39, 0.29) is 35.6 Å². The largest absolute Gasteiger partial charge is 0.383 e. The molecule has 0 aliphatic carbocycles. The van der Waals surface area contributed by atoms with E-state index in [2.05, 4.69) is 10.4 Å². The van der Waals surface area contributed by atoms with Gasteiger partial charge in [-0.2, -0.15) is 5.10 Å². The number of nitrogens with two attached hydrogens (primary N) is 2. The van der Waals surface area contributed by atoms with Gasteiger partial charge in [0, 0.05) is 29.8 Å². The predicted octanol–water partition coefficient (Wildman–Crippen LogP) is 2.57. The number of nitrogen functional groups attached to an aromatic ring is 1. The minimum absolute atomic E-state index is 0.0119. The Kier molecular flexibility index (Phi) is 5.91. The molecule has 5 N–H and O–H groups in total. The number of amides is 2. The van der Waals surface area contributed by atoms with Crippen molar-refractivity contribution in [2.24, 2.45) is 5.73 Å². The van der Waals surface area contributed by atoms with Crippen LogP contribution in [-0.2, 0) is 11.3 Å². The van der Waals surface area contributed by atoms with Crippen LogP contribution >= 0.6 is 0 Å². The molecular formula is C23H24FN5O3. The summed E-state index contributed by atoms with van der Waals surface area (Å²) in [5.74, 6) is -1.43. The van der Waals surface area contributed by atoms with Crippen LogP contribution in [0.4, 0.5) is 10.2 Å². The third-order valence-electron chi connectivity index (χ3n) is 5.60. The molecule has 1 atom stereocenters.